The fourth-order valence-corrected chi connectivity index (χ4v) is 2.86. The van der Waals surface area contributed by atoms with E-state index in [0.29, 0.717) is 18.5 Å². The van der Waals surface area contributed by atoms with Crippen molar-refractivity contribution in [3.8, 4) is 11.1 Å². The van der Waals surface area contributed by atoms with E-state index in [4.69, 9.17) is 0 Å². The molecule has 0 bridgehead atoms. The summed E-state index contributed by atoms with van der Waals surface area (Å²) >= 11 is 0. The van der Waals surface area contributed by atoms with Crippen LogP contribution in [0.25, 0.3) is 11.1 Å². The van der Waals surface area contributed by atoms with E-state index in [1.807, 2.05) is 57.2 Å². The summed E-state index contributed by atoms with van der Waals surface area (Å²) in [6.07, 6.45) is 0.687. The number of hydrogen-bond acceptors (Lipinski definition) is 2. The number of halogens is 1. The fraction of sp³-hybridized carbons (Fsp3) is 0.208. The molecule has 3 nitrogen and oxygen atoms in total. The number of hydrogen-bond donors (Lipinski definition) is 2. The smallest absolute Gasteiger partial charge is 0.336 e. The van der Waals surface area contributed by atoms with Gasteiger partial charge in [0.05, 0.1) is 5.56 Å². The van der Waals surface area contributed by atoms with E-state index in [2.05, 4.69) is 5.32 Å². The molecular weight excluding hydrogens is 353 g/mol. The minimum absolute atomic E-state index is 0.246. The van der Waals surface area contributed by atoms with E-state index in [1.54, 1.807) is 18.2 Å². The SMILES string of the molecule is CC.CCc1ccc(NCc2ccc(-c3ccc(F)cc3)cc2)cc1C(=O)O. The topological polar surface area (TPSA) is 49.3 Å². The van der Waals surface area contributed by atoms with Crippen molar-refractivity contribution in [3.05, 3.63) is 89.2 Å². The number of anilines is 1. The van der Waals surface area contributed by atoms with Crippen molar-refractivity contribution in [1.29, 1.82) is 0 Å². The van der Waals surface area contributed by atoms with Gasteiger partial charge < -0.3 is 10.4 Å². The molecule has 0 aliphatic carbocycles. The van der Waals surface area contributed by atoms with E-state index >= 15 is 0 Å². The van der Waals surface area contributed by atoms with E-state index in [1.165, 1.54) is 12.1 Å². The van der Waals surface area contributed by atoms with Crippen LogP contribution in [0.2, 0.25) is 0 Å². The Hall–Kier alpha value is -3.14. The summed E-state index contributed by atoms with van der Waals surface area (Å²) < 4.78 is 13.0. The van der Waals surface area contributed by atoms with Crippen LogP contribution < -0.4 is 5.32 Å². The molecule has 0 atom stereocenters. The third-order valence-corrected chi connectivity index (χ3v) is 4.35. The van der Waals surface area contributed by atoms with Crippen LogP contribution in [0, 0.1) is 5.82 Å². The van der Waals surface area contributed by atoms with Gasteiger partial charge in [0.2, 0.25) is 0 Å². The van der Waals surface area contributed by atoms with E-state index in [-0.39, 0.29) is 5.82 Å². The Morgan fingerprint density at radius 2 is 1.50 bits per heavy atom. The maximum atomic E-state index is 13.0. The minimum atomic E-state index is -0.908. The summed E-state index contributed by atoms with van der Waals surface area (Å²) in [5.74, 6) is -1.15. The molecule has 28 heavy (non-hydrogen) atoms. The Morgan fingerprint density at radius 1 is 0.929 bits per heavy atom. The van der Waals surface area contributed by atoms with Crippen molar-refractivity contribution in [2.75, 3.05) is 5.32 Å². The minimum Gasteiger partial charge on any atom is -0.478 e. The quantitative estimate of drug-likeness (QED) is 0.521. The van der Waals surface area contributed by atoms with Crippen molar-refractivity contribution in [3.63, 3.8) is 0 Å². The van der Waals surface area contributed by atoms with E-state index < -0.39 is 5.97 Å². The van der Waals surface area contributed by atoms with Gasteiger partial charge in [-0.25, -0.2) is 9.18 Å². The molecule has 0 saturated carbocycles. The molecule has 0 spiro atoms. The molecule has 4 heteroatoms. The number of rotatable bonds is 6. The van der Waals surface area contributed by atoms with Crippen LogP contribution in [0.3, 0.4) is 0 Å². The molecule has 3 aromatic rings. The number of benzene rings is 3. The average molecular weight is 379 g/mol. The van der Waals surface area contributed by atoms with Crippen LogP contribution in [-0.2, 0) is 13.0 Å². The van der Waals surface area contributed by atoms with Gasteiger partial charge in [-0.05, 0) is 52.9 Å². The van der Waals surface area contributed by atoms with Gasteiger partial charge in [-0.2, -0.15) is 0 Å². The fourth-order valence-electron chi connectivity index (χ4n) is 2.86. The Labute approximate surface area is 165 Å². The van der Waals surface area contributed by atoms with Gasteiger partial charge in [0.15, 0.2) is 0 Å². The van der Waals surface area contributed by atoms with Crippen molar-refractivity contribution in [1.82, 2.24) is 0 Å². The second kappa shape index (κ2) is 10.3. The third-order valence-electron chi connectivity index (χ3n) is 4.35. The number of aryl methyl sites for hydroxylation is 1. The zero-order valence-electron chi connectivity index (χ0n) is 16.5. The van der Waals surface area contributed by atoms with Gasteiger partial charge >= 0.3 is 5.97 Å². The molecule has 0 fully saturated rings. The second-order valence-electron chi connectivity index (χ2n) is 6.09. The Balaban J connectivity index is 0.00000136. The van der Waals surface area contributed by atoms with E-state index in [0.717, 1.165) is 27.9 Å². The molecule has 0 aromatic heterocycles. The monoisotopic (exact) mass is 379 g/mol. The van der Waals surface area contributed by atoms with Crippen LogP contribution in [0.5, 0.6) is 0 Å². The summed E-state index contributed by atoms with van der Waals surface area (Å²) in [6.45, 7) is 6.53. The Bertz CT molecular complexity index is 903. The van der Waals surface area contributed by atoms with Crippen LogP contribution in [0.1, 0.15) is 42.3 Å². The Kier molecular flexibility index (Phi) is 7.76. The first kappa shape index (κ1) is 21.2. The molecule has 0 unspecified atom stereocenters. The van der Waals surface area contributed by atoms with Gasteiger partial charge in [0.25, 0.3) is 0 Å². The molecule has 0 amide bonds. The largest absolute Gasteiger partial charge is 0.478 e. The predicted octanol–water partition coefficient (Wildman–Crippen LogP) is 6.39. The average Bonchev–Trinajstić information content (AvgIpc) is 2.74. The zero-order valence-corrected chi connectivity index (χ0v) is 16.5. The van der Waals surface area contributed by atoms with Crippen molar-refractivity contribution in [2.24, 2.45) is 0 Å². The van der Waals surface area contributed by atoms with Gasteiger partial charge in [-0.1, -0.05) is 63.2 Å². The molecule has 3 aromatic carbocycles. The third kappa shape index (κ3) is 5.43. The van der Waals surface area contributed by atoms with Gasteiger partial charge in [0, 0.05) is 12.2 Å². The lowest BCUT2D eigenvalue weighted by Crippen LogP contribution is -2.05. The van der Waals surface area contributed by atoms with Crippen molar-refractivity contribution < 1.29 is 14.3 Å². The summed E-state index contributed by atoms with van der Waals surface area (Å²) in [6, 6.07) is 19.8. The van der Waals surface area contributed by atoms with Crippen LogP contribution in [-0.4, -0.2) is 11.1 Å². The molecule has 3 rings (SSSR count). The van der Waals surface area contributed by atoms with Crippen LogP contribution in [0.15, 0.2) is 66.7 Å². The first-order valence-electron chi connectivity index (χ1n) is 9.52. The first-order valence-corrected chi connectivity index (χ1v) is 9.52. The first-order chi connectivity index (χ1) is 13.6. The lowest BCUT2D eigenvalue weighted by atomic mass is 10.0. The van der Waals surface area contributed by atoms with Gasteiger partial charge in [-0.3, -0.25) is 0 Å². The maximum Gasteiger partial charge on any atom is 0.336 e. The second-order valence-corrected chi connectivity index (χ2v) is 6.09. The van der Waals surface area contributed by atoms with Crippen molar-refractivity contribution in [2.45, 2.75) is 33.7 Å². The molecule has 0 heterocycles. The Morgan fingerprint density at radius 3 is 2.04 bits per heavy atom. The van der Waals surface area contributed by atoms with Crippen molar-refractivity contribution >= 4 is 11.7 Å². The summed E-state index contributed by atoms with van der Waals surface area (Å²) in [7, 11) is 0. The lowest BCUT2D eigenvalue weighted by Gasteiger charge is -2.10. The highest BCUT2D eigenvalue weighted by molar-refractivity contribution is 5.90. The molecule has 2 N–H and O–H groups in total. The highest BCUT2D eigenvalue weighted by atomic mass is 19.1. The van der Waals surface area contributed by atoms with Crippen LogP contribution >= 0.6 is 0 Å². The normalized spacial score (nSPS) is 10.0. The molecule has 146 valence electrons. The highest BCUT2D eigenvalue weighted by Gasteiger charge is 2.09. The van der Waals surface area contributed by atoms with E-state index in [9.17, 15) is 14.3 Å². The molecule has 0 aliphatic heterocycles. The lowest BCUT2D eigenvalue weighted by molar-refractivity contribution is 0.0696. The predicted molar refractivity (Wildman–Crippen MR) is 113 cm³/mol. The number of carboxylic acids is 1. The van der Waals surface area contributed by atoms with Gasteiger partial charge in [-0.15, -0.1) is 0 Å². The number of nitrogens with one attached hydrogen (secondary N) is 1. The number of aromatic carboxylic acids is 1. The van der Waals surface area contributed by atoms with Crippen LogP contribution in [0.4, 0.5) is 10.1 Å². The molecule has 0 aliphatic rings. The standard InChI is InChI=1S/C22H20FNO2.C2H6/c1-2-16-9-12-20(13-21(16)22(25)26)24-14-15-3-5-17(6-4-15)18-7-10-19(23)11-8-18;1-2/h3-13,24H,2,14H2,1H3,(H,25,26);1-2H3. The number of carbonyl (C=O) groups is 1. The molecular formula is C24H26FNO2. The summed E-state index contributed by atoms with van der Waals surface area (Å²) in [4.78, 5) is 11.3. The highest BCUT2D eigenvalue weighted by Crippen LogP contribution is 2.21. The molecule has 0 radical (unpaired) electrons. The summed E-state index contributed by atoms with van der Waals surface area (Å²) in [5.41, 5.74) is 5.01. The number of carboxylic acid groups (broad SMARTS) is 1. The summed E-state index contributed by atoms with van der Waals surface area (Å²) in [5, 5.41) is 12.6. The zero-order chi connectivity index (χ0) is 20.5. The molecule has 0 saturated heterocycles. The maximum absolute atomic E-state index is 13.0. The van der Waals surface area contributed by atoms with Gasteiger partial charge in [0.1, 0.15) is 5.82 Å².